The van der Waals surface area contributed by atoms with E-state index in [2.05, 4.69) is 20.8 Å². The third-order valence-electron chi connectivity index (χ3n) is 10.2. The van der Waals surface area contributed by atoms with Crippen LogP contribution in [0, 0.1) is 46.3 Å². The Hall–Kier alpha value is -0.570. The van der Waals surface area contributed by atoms with Crippen LogP contribution in [-0.4, -0.2) is 22.3 Å². The molecule has 2 N–H and O–H groups in total. The smallest absolute Gasteiger partial charge is 0.303 e. The molecule has 3 nitrogen and oxygen atoms in total. The monoisotopic (exact) mass is 376 g/mol. The first-order chi connectivity index (χ1) is 12.8. The summed E-state index contributed by atoms with van der Waals surface area (Å²) >= 11 is 0. The lowest BCUT2D eigenvalue weighted by atomic mass is 9.44. The van der Waals surface area contributed by atoms with Crippen molar-refractivity contribution in [1.82, 2.24) is 0 Å². The quantitative estimate of drug-likeness (QED) is 0.680. The van der Waals surface area contributed by atoms with Gasteiger partial charge in [-0.1, -0.05) is 20.8 Å². The Kier molecular flexibility index (Phi) is 5.15. The number of aliphatic carboxylic acids is 1. The molecule has 27 heavy (non-hydrogen) atoms. The zero-order chi connectivity index (χ0) is 19.4. The Bertz CT molecular complexity index is 574. The maximum atomic E-state index is 11.0. The predicted octanol–water partition coefficient (Wildman–Crippen LogP) is 5.51. The van der Waals surface area contributed by atoms with Crippen molar-refractivity contribution in [2.24, 2.45) is 46.3 Å². The maximum absolute atomic E-state index is 11.0. The average molecular weight is 377 g/mol. The van der Waals surface area contributed by atoms with Gasteiger partial charge in [0.1, 0.15) is 0 Å². The van der Waals surface area contributed by atoms with Crippen molar-refractivity contribution in [3.05, 3.63) is 0 Å². The van der Waals surface area contributed by atoms with Crippen LogP contribution in [0.3, 0.4) is 0 Å². The van der Waals surface area contributed by atoms with Gasteiger partial charge in [-0.15, -0.1) is 0 Å². The van der Waals surface area contributed by atoms with Gasteiger partial charge in [-0.3, -0.25) is 4.79 Å². The fourth-order valence-corrected chi connectivity index (χ4v) is 8.76. The van der Waals surface area contributed by atoms with E-state index in [-0.39, 0.29) is 6.10 Å². The van der Waals surface area contributed by atoms with Crippen molar-refractivity contribution in [3.63, 3.8) is 0 Å². The number of hydrogen-bond donors (Lipinski definition) is 2. The van der Waals surface area contributed by atoms with Crippen LogP contribution in [0.5, 0.6) is 0 Å². The minimum absolute atomic E-state index is 0.0561. The summed E-state index contributed by atoms with van der Waals surface area (Å²) in [5, 5.41) is 19.3. The highest BCUT2D eigenvalue weighted by molar-refractivity contribution is 5.66. The molecule has 4 aliphatic carbocycles. The van der Waals surface area contributed by atoms with E-state index in [1.807, 2.05) is 0 Å². The van der Waals surface area contributed by atoms with Crippen LogP contribution < -0.4 is 0 Å². The van der Waals surface area contributed by atoms with Crippen molar-refractivity contribution in [1.29, 1.82) is 0 Å². The molecule has 0 saturated heterocycles. The van der Waals surface area contributed by atoms with Crippen LogP contribution in [0.4, 0.5) is 0 Å². The molecule has 4 aliphatic rings. The molecule has 4 fully saturated rings. The highest BCUT2D eigenvalue weighted by Crippen LogP contribution is 2.68. The Morgan fingerprint density at radius 1 is 1.00 bits per heavy atom. The number of carboxylic acids is 1. The van der Waals surface area contributed by atoms with Crippen LogP contribution in [0.15, 0.2) is 0 Å². The fourth-order valence-electron chi connectivity index (χ4n) is 8.76. The van der Waals surface area contributed by atoms with E-state index < -0.39 is 5.97 Å². The van der Waals surface area contributed by atoms with Crippen molar-refractivity contribution in [3.8, 4) is 0 Å². The first-order valence-electron chi connectivity index (χ1n) is 11.7. The SMILES string of the molecule is C[C@H](CCC(=O)O)[C@@H]1CC[C@@H]2[C@H]3CC[C@@H]4C[C@@H](O)CC[C@@]4(C)[C@@H]3CC[C@]21C. The molecule has 0 aliphatic heterocycles. The van der Waals surface area contributed by atoms with Crippen molar-refractivity contribution < 1.29 is 15.0 Å². The summed E-state index contributed by atoms with van der Waals surface area (Å²) in [7, 11) is 0. The van der Waals surface area contributed by atoms with E-state index in [1.165, 1.54) is 44.9 Å². The normalized spacial score (nSPS) is 50.4. The second-order valence-electron chi connectivity index (χ2n) is 11.2. The van der Waals surface area contributed by atoms with E-state index >= 15 is 0 Å². The lowest BCUT2D eigenvalue weighted by Crippen LogP contribution is -2.54. The molecule has 4 rings (SSSR count). The molecule has 154 valence electrons. The lowest BCUT2D eigenvalue weighted by Gasteiger charge is -2.61. The summed E-state index contributed by atoms with van der Waals surface area (Å²) in [6.07, 6.45) is 12.4. The van der Waals surface area contributed by atoms with E-state index in [9.17, 15) is 9.90 Å². The van der Waals surface area contributed by atoms with Crippen LogP contribution in [0.2, 0.25) is 0 Å². The zero-order valence-electron chi connectivity index (χ0n) is 17.6. The van der Waals surface area contributed by atoms with E-state index in [0.717, 1.165) is 42.9 Å². The molecule has 4 saturated carbocycles. The molecule has 0 amide bonds. The minimum atomic E-state index is -0.643. The van der Waals surface area contributed by atoms with Gasteiger partial charge in [0, 0.05) is 6.42 Å². The number of aliphatic hydroxyl groups excluding tert-OH is 1. The Morgan fingerprint density at radius 3 is 2.44 bits per heavy atom. The van der Waals surface area contributed by atoms with Gasteiger partial charge in [0.25, 0.3) is 0 Å². The van der Waals surface area contributed by atoms with Crippen LogP contribution in [0.1, 0.15) is 91.4 Å². The number of fused-ring (bicyclic) bond motifs is 5. The number of aliphatic hydroxyl groups is 1. The van der Waals surface area contributed by atoms with Gasteiger partial charge >= 0.3 is 5.97 Å². The Labute approximate surface area is 165 Å². The summed E-state index contributed by atoms with van der Waals surface area (Å²) in [6, 6.07) is 0. The predicted molar refractivity (Wildman–Crippen MR) is 107 cm³/mol. The third kappa shape index (κ3) is 3.16. The molecule has 9 atom stereocenters. The molecule has 0 radical (unpaired) electrons. The maximum Gasteiger partial charge on any atom is 0.303 e. The van der Waals surface area contributed by atoms with Gasteiger partial charge in [0.2, 0.25) is 0 Å². The van der Waals surface area contributed by atoms with Crippen LogP contribution >= 0.6 is 0 Å². The van der Waals surface area contributed by atoms with Gasteiger partial charge in [0.05, 0.1) is 6.10 Å². The molecule has 0 heterocycles. The Morgan fingerprint density at radius 2 is 1.70 bits per heavy atom. The molecule has 0 aromatic heterocycles. The van der Waals surface area contributed by atoms with Crippen LogP contribution in [-0.2, 0) is 4.79 Å². The summed E-state index contributed by atoms with van der Waals surface area (Å²) in [6.45, 7) is 7.43. The standard InChI is InChI=1S/C24H40O3/c1-15(4-9-22(26)27)19-7-8-20-18-6-5-16-14-17(25)10-12-23(16,2)21(18)11-13-24(19,20)3/h15-21,25H,4-14H2,1-3H3,(H,26,27)/t15-,16-,17+,18-,19+,20-,21-,23-,24+/m1/s1. The van der Waals surface area contributed by atoms with Crippen LogP contribution in [0.25, 0.3) is 0 Å². The summed E-state index contributed by atoms with van der Waals surface area (Å²) in [4.78, 5) is 11.0. The number of hydrogen-bond acceptors (Lipinski definition) is 2. The van der Waals surface area contributed by atoms with E-state index in [4.69, 9.17) is 5.11 Å². The first-order valence-corrected chi connectivity index (χ1v) is 11.7. The van der Waals surface area contributed by atoms with E-state index in [1.54, 1.807) is 0 Å². The fraction of sp³-hybridized carbons (Fsp3) is 0.958. The molecular weight excluding hydrogens is 336 g/mol. The highest BCUT2D eigenvalue weighted by Gasteiger charge is 2.60. The number of carboxylic acid groups (broad SMARTS) is 1. The minimum Gasteiger partial charge on any atom is -0.481 e. The highest BCUT2D eigenvalue weighted by atomic mass is 16.4. The van der Waals surface area contributed by atoms with Gasteiger partial charge in [-0.2, -0.15) is 0 Å². The first kappa shape index (κ1) is 19.7. The lowest BCUT2D eigenvalue weighted by molar-refractivity contribution is -0.138. The molecule has 0 unspecified atom stereocenters. The average Bonchev–Trinajstić information content (AvgIpc) is 2.97. The second-order valence-corrected chi connectivity index (χ2v) is 11.2. The molecule has 0 spiro atoms. The summed E-state index contributed by atoms with van der Waals surface area (Å²) in [5.41, 5.74) is 0.882. The van der Waals surface area contributed by atoms with Crippen molar-refractivity contribution in [2.45, 2.75) is 97.5 Å². The van der Waals surface area contributed by atoms with Gasteiger partial charge in [-0.25, -0.2) is 0 Å². The Balaban J connectivity index is 1.51. The second kappa shape index (κ2) is 7.04. The molecule has 0 aromatic rings. The number of carbonyl (C=O) groups is 1. The van der Waals surface area contributed by atoms with Crippen molar-refractivity contribution >= 4 is 5.97 Å². The number of rotatable bonds is 4. The third-order valence-corrected chi connectivity index (χ3v) is 10.2. The summed E-state index contributed by atoms with van der Waals surface area (Å²) < 4.78 is 0. The van der Waals surface area contributed by atoms with Gasteiger partial charge in [0.15, 0.2) is 0 Å². The summed E-state index contributed by atoms with van der Waals surface area (Å²) in [5.74, 6) is 3.91. The topological polar surface area (TPSA) is 57.5 Å². The van der Waals surface area contributed by atoms with Crippen molar-refractivity contribution in [2.75, 3.05) is 0 Å². The van der Waals surface area contributed by atoms with Gasteiger partial charge < -0.3 is 10.2 Å². The van der Waals surface area contributed by atoms with Gasteiger partial charge in [-0.05, 0) is 111 Å². The molecule has 0 bridgehead atoms. The van der Waals surface area contributed by atoms with E-state index in [0.29, 0.717) is 29.1 Å². The largest absolute Gasteiger partial charge is 0.481 e. The zero-order valence-corrected chi connectivity index (χ0v) is 17.6. The molecule has 0 aromatic carbocycles. The molecule has 3 heteroatoms. The molecular formula is C24H40O3.